The molecule has 106 valence electrons. The first-order chi connectivity index (χ1) is 9.08. The Labute approximate surface area is 114 Å². The molecule has 1 aliphatic heterocycles. The number of rotatable bonds is 4. The van der Waals surface area contributed by atoms with Crippen molar-refractivity contribution in [2.24, 2.45) is 5.73 Å². The minimum atomic E-state index is -0.238. The van der Waals surface area contributed by atoms with Gasteiger partial charge < -0.3 is 15.4 Å². The highest BCUT2D eigenvalue weighted by molar-refractivity contribution is 5.54. The quantitative estimate of drug-likeness (QED) is 0.910. The lowest BCUT2D eigenvalue weighted by Crippen LogP contribution is -2.34. The highest BCUT2D eigenvalue weighted by atomic mass is 19.1. The second-order valence-corrected chi connectivity index (χ2v) is 5.36. The molecular weight excluding hydrogens is 243 g/mol. The molecule has 1 heterocycles. The zero-order chi connectivity index (χ0) is 13.8. The Morgan fingerprint density at radius 3 is 2.89 bits per heavy atom. The first-order valence-electron chi connectivity index (χ1n) is 6.95. The van der Waals surface area contributed by atoms with Crippen molar-refractivity contribution in [2.45, 2.75) is 38.3 Å². The summed E-state index contributed by atoms with van der Waals surface area (Å²) in [5.74, 6) is -0.238. The first kappa shape index (κ1) is 14.3. The molecule has 4 heteroatoms. The maximum atomic E-state index is 13.3. The SMILES string of the molecule is C[C@H](N)c1cc(F)ccc1N(C)CC1CCCCO1. The third-order valence-electron chi connectivity index (χ3n) is 3.64. The summed E-state index contributed by atoms with van der Waals surface area (Å²) in [6.45, 7) is 3.55. The average molecular weight is 266 g/mol. The van der Waals surface area contributed by atoms with E-state index in [0.29, 0.717) is 0 Å². The summed E-state index contributed by atoms with van der Waals surface area (Å²) in [6.07, 6.45) is 3.74. The van der Waals surface area contributed by atoms with Gasteiger partial charge in [-0.25, -0.2) is 4.39 Å². The molecule has 0 spiro atoms. The fourth-order valence-electron chi connectivity index (χ4n) is 2.59. The molecule has 0 saturated carbocycles. The van der Waals surface area contributed by atoms with Crippen LogP contribution in [0.25, 0.3) is 0 Å². The van der Waals surface area contributed by atoms with Crippen molar-refractivity contribution >= 4 is 5.69 Å². The standard InChI is InChI=1S/C15H23FN2O/c1-11(17)14-9-12(16)6-7-15(14)18(2)10-13-5-3-4-8-19-13/h6-7,9,11,13H,3-5,8,10,17H2,1-2H3/t11-,13?/m0/s1. The van der Waals surface area contributed by atoms with Gasteiger partial charge in [-0.05, 0) is 49.9 Å². The van der Waals surface area contributed by atoms with Crippen LogP contribution in [0.1, 0.15) is 37.8 Å². The Morgan fingerprint density at radius 2 is 2.26 bits per heavy atom. The lowest BCUT2D eigenvalue weighted by Gasteiger charge is -2.30. The summed E-state index contributed by atoms with van der Waals surface area (Å²) < 4.78 is 19.1. The molecular formula is C15H23FN2O. The summed E-state index contributed by atoms with van der Waals surface area (Å²) in [4.78, 5) is 2.12. The van der Waals surface area contributed by atoms with E-state index in [1.54, 1.807) is 6.07 Å². The number of ether oxygens (including phenoxy) is 1. The lowest BCUT2D eigenvalue weighted by atomic mass is 10.0. The van der Waals surface area contributed by atoms with Crippen LogP contribution in [0.4, 0.5) is 10.1 Å². The third-order valence-corrected chi connectivity index (χ3v) is 3.64. The van der Waals surface area contributed by atoms with Gasteiger partial charge in [0.15, 0.2) is 0 Å². The van der Waals surface area contributed by atoms with Crippen LogP contribution in [0.3, 0.4) is 0 Å². The minimum absolute atomic E-state index is 0.180. The van der Waals surface area contributed by atoms with Crippen molar-refractivity contribution in [1.29, 1.82) is 0 Å². The molecule has 1 fully saturated rings. The van der Waals surface area contributed by atoms with Crippen LogP contribution in [-0.4, -0.2) is 26.3 Å². The predicted octanol–water partition coefficient (Wildman–Crippen LogP) is 2.85. The molecule has 1 saturated heterocycles. The van der Waals surface area contributed by atoms with Gasteiger partial charge in [-0.15, -0.1) is 0 Å². The van der Waals surface area contributed by atoms with E-state index in [0.717, 1.165) is 37.2 Å². The van der Waals surface area contributed by atoms with Crippen LogP contribution >= 0.6 is 0 Å². The van der Waals surface area contributed by atoms with Crippen LogP contribution in [0.5, 0.6) is 0 Å². The fraction of sp³-hybridized carbons (Fsp3) is 0.600. The van der Waals surface area contributed by atoms with Gasteiger partial charge in [-0.3, -0.25) is 0 Å². The van der Waals surface area contributed by atoms with Gasteiger partial charge in [0.05, 0.1) is 6.10 Å². The first-order valence-corrected chi connectivity index (χ1v) is 6.95. The van der Waals surface area contributed by atoms with Crippen LogP contribution < -0.4 is 10.6 Å². The average Bonchev–Trinajstić information content (AvgIpc) is 2.39. The largest absolute Gasteiger partial charge is 0.376 e. The van der Waals surface area contributed by atoms with Gasteiger partial charge in [0.2, 0.25) is 0 Å². The number of nitrogens with two attached hydrogens (primary N) is 1. The molecule has 0 radical (unpaired) electrons. The number of anilines is 1. The number of likely N-dealkylation sites (N-methyl/N-ethyl adjacent to an activating group) is 1. The summed E-state index contributed by atoms with van der Waals surface area (Å²) in [6, 6.07) is 4.63. The highest BCUT2D eigenvalue weighted by Crippen LogP contribution is 2.26. The number of hydrogen-bond donors (Lipinski definition) is 1. The molecule has 0 bridgehead atoms. The number of nitrogens with zero attached hydrogens (tertiary/aromatic N) is 1. The molecule has 2 rings (SSSR count). The summed E-state index contributed by atoms with van der Waals surface area (Å²) in [5, 5.41) is 0. The molecule has 3 nitrogen and oxygen atoms in total. The zero-order valence-corrected chi connectivity index (χ0v) is 11.7. The topological polar surface area (TPSA) is 38.5 Å². The van der Waals surface area contributed by atoms with Crippen LogP contribution in [0.15, 0.2) is 18.2 Å². The van der Waals surface area contributed by atoms with Crippen LogP contribution in [-0.2, 0) is 4.74 Å². The maximum Gasteiger partial charge on any atom is 0.123 e. The second-order valence-electron chi connectivity index (χ2n) is 5.36. The summed E-state index contributed by atoms with van der Waals surface area (Å²) in [5.41, 5.74) is 7.77. The Bertz CT molecular complexity index is 417. The molecule has 1 aromatic carbocycles. The molecule has 1 aliphatic rings. The van der Waals surface area contributed by atoms with Crippen molar-refractivity contribution in [1.82, 2.24) is 0 Å². The van der Waals surface area contributed by atoms with E-state index in [1.807, 2.05) is 14.0 Å². The van der Waals surface area contributed by atoms with E-state index in [2.05, 4.69) is 4.90 Å². The second kappa shape index (κ2) is 6.35. The summed E-state index contributed by atoms with van der Waals surface area (Å²) >= 11 is 0. The Morgan fingerprint density at radius 1 is 1.47 bits per heavy atom. The molecule has 2 atom stereocenters. The molecule has 1 unspecified atom stereocenters. The smallest absolute Gasteiger partial charge is 0.123 e. The maximum absolute atomic E-state index is 13.3. The van der Waals surface area contributed by atoms with Crippen molar-refractivity contribution in [3.63, 3.8) is 0 Å². The van der Waals surface area contributed by atoms with E-state index in [9.17, 15) is 4.39 Å². The van der Waals surface area contributed by atoms with Crippen LogP contribution in [0, 0.1) is 5.82 Å². The van der Waals surface area contributed by atoms with E-state index >= 15 is 0 Å². The van der Waals surface area contributed by atoms with Crippen molar-refractivity contribution < 1.29 is 9.13 Å². The van der Waals surface area contributed by atoms with Gasteiger partial charge in [-0.2, -0.15) is 0 Å². The molecule has 0 aromatic heterocycles. The molecule has 2 N–H and O–H groups in total. The molecule has 0 aliphatic carbocycles. The number of halogens is 1. The monoisotopic (exact) mass is 266 g/mol. The number of benzene rings is 1. The summed E-state index contributed by atoms with van der Waals surface area (Å²) in [7, 11) is 2.01. The van der Waals surface area contributed by atoms with Gasteiger partial charge in [0.1, 0.15) is 5.82 Å². The predicted molar refractivity (Wildman–Crippen MR) is 75.9 cm³/mol. The molecule has 19 heavy (non-hydrogen) atoms. The van der Waals surface area contributed by atoms with Crippen LogP contribution in [0.2, 0.25) is 0 Å². The Kier molecular flexibility index (Phi) is 4.77. The lowest BCUT2D eigenvalue weighted by molar-refractivity contribution is 0.0216. The van der Waals surface area contributed by atoms with E-state index in [4.69, 9.17) is 10.5 Å². The molecule has 0 amide bonds. The third kappa shape index (κ3) is 3.67. The van der Waals surface area contributed by atoms with Crippen molar-refractivity contribution in [3.05, 3.63) is 29.6 Å². The Balaban J connectivity index is 2.11. The zero-order valence-electron chi connectivity index (χ0n) is 11.7. The number of hydrogen-bond acceptors (Lipinski definition) is 3. The van der Waals surface area contributed by atoms with Gasteiger partial charge in [0.25, 0.3) is 0 Å². The van der Waals surface area contributed by atoms with Gasteiger partial charge in [0, 0.05) is 31.9 Å². The van der Waals surface area contributed by atoms with Gasteiger partial charge >= 0.3 is 0 Å². The normalized spacial score (nSPS) is 21.2. The molecule has 1 aromatic rings. The highest BCUT2D eigenvalue weighted by Gasteiger charge is 2.18. The minimum Gasteiger partial charge on any atom is -0.376 e. The van der Waals surface area contributed by atoms with Crippen molar-refractivity contribution in [3.8, 4) is 0 Å². The van der Waals surface area contributed by atoms with Gasteiger partial charge in [-0.1, -0.05) is 0 Å². The van der Waals surface area contributed by atoms with E-state index < -0.39 is 0 Å². The fourth-order valence-corrected chi connectivity index (χ4v) is 2.59. The van der Waals surface area contributed by atoms with E-state index in [1.165, 1.54) is 18.6 Å². The van der Waals surface area contributed by atoms with E-state index in [-0.39, 0.29) is 18.0 Å². The van der Waals surface area contributed by atoms with Crippen molar-refractivity contribution in [2.75, 3.05) is 25.1 Å². The Hall–Kier alpha value is -1.13.